The van der Waals surface area contributed by atoms with Crippen LogP contribution in [0.4, 0.5) is 0 Å². The van der Waals surface area contributed by atoms with Crippen molar-refractivity contribution in [1.29, 1.82) is 0 Å². The van der Waals surface area contributed by atoms with Crippen LogP contribution in [-0.4, -0.2) is 13.6 Å². The quantitative estimate of drug-likeness (QED) is 0.648. The van der Waals surface area contributed by atoms with E-state index in [9.17, 15) is 0 Å². The van der Waals surface area contributed by atoms with E-state index in [4.69, 9.17) is 0 Å². The lowest BCUT2D eigenvalue weighted by Crippen LogP contribution is -2.24. The molecule has 2 unspecified atom stereocenters. The van der Waals surface area contributed by atoms with Gasteiger partial charge < -0.3 is 5.32 Å². The fraction of sp³-hybridized carbons (Fsp3) is 1.00. The summed E-state index contributed by atoms with van der Waals surface area (Å²) in [6, 6.07) is 0. The van der Waals surface area contributed by atoms with Crippen molar-refractivity contribution in [2.45, 2.75) is 40.5 Å². The fourth-order valence-corrected chi connectivity index (χ4v) is 1.54. The molecule has 0 aliphatic carbocycles. The molecule has 1 nitrogen and oxygen atoms in total. The summed E-state index contributed by atoms with van der Waals surface area (Å²) in [6.45, 7) is 10.4. The standard InChI is InChI=1S/C11H25N/c1-6-10(4)7-11(8-12-5)9(2)3/h9-12H,6-8H2,1-5H3. The van der Waals surface area contributed by atoms with Gasteiger partial charge >= 0.3 is 0 Å². The van der Waals surface area contributed by atoms with Crippen molar-refractivity contribution in [3.63, 3.8) is 0 Å². The van der Waals surface area contributed by atoms with E-state index in [0.29, 0.717) is 0 Å². The summed E-state index contributed by atoms with van der Waals surface area (Å²) < 4.78 is 0. The lowest BCUT2D eigenvalue weighted by atomic mass is 9.86. The van der Waals surface area contributed by atoms with Gasteiger partial charge in [-0.15, -0.1) is 0 Å². The Hall–Kier alpha value is -0.0400. The molecule has 0 bridgehead atoms. The molecular formula is C11H25N. The molecule has 0 saturated heterocycles. The van der Waals surface area contributed by atoms with Crippen LogP contribution in [0.3, 0.4) is 0 Å². The van der Waals surface area contributed by atoms with Crippen LogP contribution in [0.15, 0.2) is 0 Å². The summed E-state index contributed by atoms with van der Waals surface area (Å²) in [5, 5.41) is 3.28. The van der Waals surface area contributed by atoms with E-state index < -0.39 is 0 Å². The smallest absolute Gasteiger partial charge is 0.00210 e. The molecule has 0 aliphatic rings. The van der Waals surface area contributed by atoms with Crippen molar-refractivity contribution in [2.24, 2.45) is 17.8 Å². The maximum absolute atomic E-state index is 3.28. The van der Waals surface area contributed by atoms with Crippen molar-refractivity contribution < 1.29 is 0 Å². The van der Waals surface area contributed by atoms with Gasteiger partial charge in [0.25, 0.3) is 0 Å². The number of nitrogens with one attached hydrogen (secondary N) is 1. The third kappa shape index (κ3) is 4.76. The van der Waals surface area contributed by atoms with Crippen LogP contribution >= 0.6 is 0 Å². The zero-order chi connectivity index (χ0) is 9.56. The Balaban J connectivity index is 3.77. The van der Waals surface area contributed by atoms with Gasteiger partial charge in [-0.1, -0.05) is 34.1 Å². The first-order chi connectivity index (χ1) is 5.61. The minimum Gasteiger partial charge on any atom is -0.319 e. The van der Waals surface area contributed by atoms with E-state index in [1.54, 1.807) is 0 Å². The molecule has 0 aromatic carbocycles. The van der Waals surface area contributed by atoms with Crippen LogP contribution < -0.4 is 5.32 Å². The Labute approximate surface area is 77.9 Å². The van der Waals surface area contributed by atoms with Gasteiger partial charge in [-0.2, -0.15) is 0 Å². The molecule has 0 aromatic rings. The van der Waals surface area contributed by atoms with E-state index >= 15 is 0 Å². The maximum atomic E-state index is 3.28. The van der Waals surface area contributed by atoms with Crippen molar-refractivity contribution >= 4 is 0 Å². The van der Waals surface area contributed by atoms with E-state index in [0.717, 1.165) is 17.8 Å². The average Bonchev–Trinajstić information content (AvgIpc) is 2.03. The van der Waals surface area contributed by atoms with Gasteiger partial charge in [-0.25, -0.2) is 0 Å². The van der Waals surface area contributed by atoms with Crippen LogP contribution in [0.25, 0.3) is 0 Å². The van der Waals surface area contributed by atoms with E-state index in [1.165, 1.54) is 19.4 Å². The molecule has 0 aliphatic heterocycles. The molecular weight excluding hydrogens is 146 g/mol. The molecule has 0 aromatic heterocycles. The molecule has 0 spiro atoms. The summed E-state index contributed by atoms with van der Waals surface area (Å²) >= 11 is 0. The second-order valence-electron chi connectivity index (χ2n) is 4.31. The van der Waals surface area contributed by atoms with Crippen LogP contribution in [0.5, 0.6) is 0 Å². The van der Waals surface area contributed by atoms with Crippen LogP contribution in [0.1, 0.15) is 40.5 Å². The van der Waals surface area contributed by atoms with Gasteiger partial charge in [-0.3, -0.25) is 0 Å². The fourth-order valence-electron chi connectivity index (χ4n) is 1.54. The zero-order valence-corrected chi connectivity index (χ0v) is 9.35. The third-order valence-electron chi connectivity index (χ3n) is 2.81. The molecule has 0 rings (SSSR count). The van der Waals surface area contributed by atoms with Crippen LogP contribution in [0, 0.1) is 17.8 Å². The van der Waals surface area contributed by atoms with Gasteiger partial charge in [0.15, 0.2) is 0 Å². The molecule has 74 valence electrons. The first-order valence-corrected chi connectivity index (χ1v) is 5.26. The highest BCUT2D eigenvalue weighted by molar-refractivity contribution is 4.67. The SMILES string of the molecule is CCC(C)CC(CNC)C(C)C. The van der Waals surface area contributed by atoms with Crippen molar-refractivity contribution in [3.8, 4) is 0 Å². The van der Waals surface area contributed by atoms with E-state index in [-0.39, 0.29) is 0 Å². The summed E-state index contributed by atoms with van der Waals surface area (Å²) in [6.07, 6.45) is 2.68. The highest BCUT2D eigenvalue weighted by atomic mass is 14.8. The summed E-state index contributed by atoms with van der Waals surface area (Å²) in [4.78, 5) is 0. The number of rotatable bonds is 6. The minimum absolute atomic E-state index is 0.812. The van der Waals surface area contributed by atoms with Gasteiger partial charge in [0, 0.05) is 0 Å². The Morgan fingerprint density at radius 3 is 2.08 bits per heavy atom. The first-order valence-electron chi connectivity index (χ1n) is 5.26. The van der Waals surface area contributed by atoms with Crippen molar-refractivity contribution in [1.82, 2.24) is 5.32 Å². The molecule has 0 heterocycles. The Bertz CT molecular complexity index is 99.2. The third-order valence-corrected chi connectivity index (χ3v) is 2.81. The van der Waals surface area contributed by atoms with E-state index in [1.807, 2.05) is 7.05 Å². The number of hydrogen-bond donors (Lipinski definition) is 1. The van der Waals surface area contributed by atoms with E-state index in [2.05, 4.69) is 33.0 Å². The summed E-state index contributed by atoms with van der Waals surface area (Å²) in [7, 11) is 2.05. The predicted molar refractivity (Wildman–Crippen MR) is 56.3 cm³/mol. The van der Waals surface area contributed by atoms with Gasteiger partial charge in [0.2, 0.25) is 0 Å². The maximum Gasteiger partial charge on any atom is -0.00210 e. The van der Waals surface area contributed by atoms with Crippen LogP contribution in [0.2, 0.25) is 0 Å². The van der Waals surface area contributed by atoms with Crippen LogP contribution in [-0.2, 0) is 0 Å². The highest BCUT2D eigenvalue weighted by Gasteiger charge is 2.14. The predicted octanol–water partition coefficient (Wildman–Crippen LogP) is 2.91. The lowest BCUT2D eigenvalue weighted by molar-refractivity contribution is 0.297. The van der Waals surface area contributed by atoms with Gasteiger partial charge in [0.1, 0.15) is 0 Å². The van der Waals surface area contributed by atoms with Crippen molar-refractivity contribution in [3.05, 3.63) is 0 Å². The molecule has 0 radical (unpaired) electrons. The largest absolute Gasteiger partial charge is 0.319 e. The Morgan fingerprint density at radius 1 is 1.17 bits per heavy atom. The topological polar surface area (TPSA) is 12.0 Å². The molecule has 0 amide bonds. The first kappa shape index (κ1) is 12.0. The molecule has 0 fully saturated rings. The average molecular weight is 171 g/mol. The number of hydrogen-bond acceptors (Lipinski definition) is 1. The molecule has 1 heteroatoms. The Morgan fingerprint density at radius 2 is 1.75 bits per heavy atom. The van der Waals surface area contributed by atoms with Gasteiger partial charge in [-0.05, 0) is 37.8 Å². The molecule has 0 saturated carbocycles. The summed E-state index contributed by atoms with van der Waals surface area (Å²) in [5.41, 5.74) is 0. The Kier molecular flexibility index (Phi) is 6.45. The second kappa shape index (κ2) is 6.47. The lowest BCUT2D eigenvalue weighted by Gasteiger charge is -2.23. The van der Waals surface area contributed by atoms with Crippen molar-refractivity contribution in [2.75, 3.05) is 13.6 Å². The van der Waals surface area contributed by atoms with Gasteiger partial charge in [0.05, 0.1) is 0 Å². The minimum atomic E-state index is 0.812. The zero-order valence-electron chi connectivity index (χ0n) is 9.35. The summed E-state index contributed by atoms with van der Waals surface area (Å²) in [5.74, 6) is 2.54. The normalized spacial score (nSPS) is 16.5. The highest BCUT2D eigenvalue weighted by Crippen LogP contribution is 2.21. The molecule has 12 heavy (non-hydrogen) atoms. The second-order valence-corrected chi connectivity index (χ2v) is 4.31. The molecule has 1 N–H and O–H groups in total. The monoisotopic (exact) mass is 171 g/mol. The molecule has 2 atom stereocenters.